The molecular weight excluding hydrogens is 406 g/mol. The third-order valence-corrected chi connectivity index (χ3v) is 5.14. The fourth-order valence-electron chi connectivity index (χ4n) is 2.89. The van der Waals surface area contributed by atoms with Crippen molar-refractivity contribution >= 4 is 28.8 Å². The van der Waals surface area contributed by atoms with Crippen LogP contribution in [-0.2, 0) is 13.2 Å². The lowest BCUT2D eigenvalue weighted by Crippen LogP contribution is -2.23. The number of ether oxygens (including phenoxy) is 3. The minimum atomic E-state index is 0.308. The maximum absolute atomic E-state index is 6.25. The lowest BCUT2D eigenvalue weighted by atomic mass is 10.1. The predicted molar refractivity (Wildman–Crippen MR) is 120 cm³/mol. The molecule has 3 rings (SSSR count). The molecule has 0 unspecified atom stereocenters. The van der Waals surface area contributed by atoms with E-state index < -0.39 is 0 Å². The van der Waals surface area contributed by atoms with Gasteiger partial charge in [-0.1, -0.05) is 66.3 Å². The molecule has 0 radical (unpaired) electrons. The van der Waals surface area contributed by atoms with Crippen molar-refractivity contribution in [1.82, 2.24) is 5.32 Å². The second kappa shape index (κ2) is 10.1. The lowest BCUT2D eigenvalue weighted by molar-refractivity contribution is 0.284. The van der Waals surface area contributed by atoms with Crippen molar-refractivity contribution in [3.05, 3.63) is 88.4 Å². The summed E-state index contributed by atoms with van der Waals surface area (Å²) in [5, 5.41) is 3.93. The van der Waals surface area contributed by atoms with E-state index in [9.17, 15) is 0 Å². The third kappa shape index (κ3) is 5.19. The normalized spacial score (nSPS) is 10.3. The molecule has 4 nitrogen and oxygen atoms in total. The van der Waals surface area contributed by atoms with Crippen LogP contribution in [0.3, 0.4) is 0 Å². The third-order valence-electron chi connectivity index (χ3n) is 4.41. The van der Waals surface area contributed by atoms with E-state index in [1.165, 1.54) is 0 Å². The van der Waals surface area contributed by atoms with E-state index in [4.69, 9.17) is 38.0 Å². The van der Waals surface area contributed by atoms with Gasteiger partial charge in [0.1, 0.15) is 17.3 Å². The highest BCUT2D eigenvalue weighted by Crippen LogP contribution is 2.33. The molecule has 0 aliphatic carbocycles. The van der Waals surface area contributed by atoms with Crippen LogP contribution in [-0.4, -0.2) is 19.2 Å². The van der Waals surface area contributed by atoms with E-state index in [1.807, 2.05) is 66.7 Å². The first kappa shape index (κ1) is 21.0. The first-order valence-electron chi connectivity index (χ1n) is 9.07. The zero-order valence-electron chi connectivity index (χ0n) is 16.3. The highest BCUT2D eigenvalue weighted by atomic mass is 35.5. The topological polar surface area (TPSA) is 39.7 Å². The number of methoxy groups -OCH3 is 2. The molecule has 0 aliphatic heterocycles. The van der Waals surface area contributed by atoms with Crippen LogP contribution in [0.1, 0.15) is 16.7 Å². The van der Waals surface area contributed by atoms with Crippen molar-refractivity contribution in [1.29, 1.82) is 0 Å². The molecule has 0 saturated heterocycles. The largest absolute Gasteiger partial charge is 0.496 e. The van der Waals surface area contributed by atoms with Gasteiger partial charge in [0.15, 0.2) is 11.5 Å². The molecule has 1 N–H and O–H groups in total. The number of para-hydroxylation sites is 2. The Morgan fingerprint density at radius 1 is 0.862 bits per heavy atom. The molecule has 0 atom stereocenters. The zero-order chi connectivity index (χ0) is 20.6. The summed E-state index contributed by atoms with van der Waals surface area (Å²) in [5.74, 6) is 1.99. The molecule has 0 aliphatic rings. The van der Waals surface area contributed by atoms with Crippen LogP contribution in [0.15, 0.2) is 66.7 Å². The molecule has 29 heavy (non-hydrogen) atoms. The number of rotatable bonds is 8. The Morgan fingerprint density at radius 2 is 1.52 bits per heavy atom. The maximum atomic E-state index is 6.25. The Morgan fingerprint density at radius 3 is 2.24 bits per heavy atom. The van der Waals surface area contributed by atoms with Crippen LogP contribution >= 0.6 is 23.8 Å². The zero-order valence-corrected chi connectivity index (χ0v) is 17.8. The highest BCUT2D eigenvalue weighted by Gasteiger charge is 2.15. The number of benzene rings is 3. The van der Waals surface area contributed by atoms with Gasteiger partial charge in [0.25, 0.3) is 0 Å². The number of hydrogen-bond acceptors (Lipinski definition) is 4. The fourth-order valence-corrected chi connectivity index (χ4v) is 3.31. The van der Waals surface area contributed by atoms with Crippen LogP contribution in [0.5, 0.6) is 17.2 Å². The summed E-state index contributed by atoms with van der Waals surface area (Å²) in [4.78, 5) is 0.559. The molecule has 0 amide bonds. The van der Waals surface area contributed by atoms with Crippen molar-refractivity contribution < 1.29 is 14.2 Å². The Kier molecular flexibility index (Phi) is 7.33. The minimum absolute atomic E-state index is 0.308. The van der Waals surface area contributed by atoms with Gasteiger partial charge in [0.2, 0.25) is 0 Å². The smallest absolute Gasteiger partial charge is 0.171 e. The van der Waals surface area contributed by atoms with Crippen LogP contribution in [0, 0.1) is 0 Å². The molecule has 3 aromatic rings. The standard InChI is InChI=1S/C23H22ClNO3S/c1-26-20-12-6-4-8-16(20)14-25-23(29)18-10-7-13-21(27-2)22(18)28-15-17-9-3-5-11-19(17)24/h3-13H,14-15H2,1-2H3,(H,25,29). The van der Waals surface area contributed by atoms with Gasteiger partial charge in [-0.3, -0.25) is 0 Å². The van der Waals surface area contributed by atoms with Crippen molar-refractivity contribution in [2.75, 3.05) is 14.2 Å². The first-order chi connectivity index (χ1) is 14.1. The Bertz CT molecular complexity index is 993. The van der Waals surface area contributed by atoms with Crippen molar-refractivity contribution in [3.63, 3.8) is 0 Å². The maximum Gasteiger partial charge on any atom is 0.171 e. The molecule has 3 aromatic carbocycles. The molecule has 0 bridgehead atoms. The molecule has 0 heterocycles. The van der Waals surface area contributed by atoms with Crippen LogP contribution in [0.25, 0.3) is 0 Å². The summed E-state index contributed by atoms with van der Waals surface area (Å²) in [6.07, 6.45) is 0. The second-order valence-electron chi connectivity index (χ2n) is 6.21. The fraction of sp³-hybridized carbons (Fsp3) is 0.174. The molecular formula is C23H22ClNO3S. The van der Waals surface area contributed by atoms with E-state index in [0.29, 0.717) is 34.7 Å². The van der Waals surface area contributed by atoms with Crippen LogP contribution in [0.4, 0.5) is 0 Å². The first-order valence-corrected chi connectivity index (χ1v) is 9.86. The summed E-state index contributed by atoms with van der Waals surface area (Å²) >= 11 is 11.9. The summed E-state index contributed by atoms with van der Waals surface area (Å²) in [6.45, 7) is 0.839. The van der Waals surface area contributed by atoms with Gasteiger partial charge in [-0.2, -0.15) is 0 Å². The van der Waals surface area contributed by atoms with Crippen LogP contribution < -0.4 is 19.5 Å². The molecule has 150 valence electrons. The molecule has 0 aromatic heterocycles. The number of hydrogen-bond donors (Lipinski definition) is 1. The summed E-state index contributed by atoms with van der Waals surface area (Å²) in [5.41, 5.74) is 2.65. The van der Waals surface area contributed by atoms with Crippen molar-refractivity contribution in [3.8, 4) is 17.2 Å². The summed E-state index contributed by atoms with van der Waals surface area (Å²) < 4.78 is 17.0. The van der Waals surface area contributed by atoms with Crippen molar-refractivity contribution in [2.24, 2.45) is 0 Å². The lowest BCUT2D eigenvalue weighted by Gasteiger charge is -2.17. The van der Waals surface area contributed by atoms with Crippen molar-refractivity contribution in [2.45, 2.75) is 13.2 Å². The van der Waals surface area contributed by atoms with E-state index in [-0.39, 0.29) is 0 Å². The van der Waals surface area contributed by atoms with E-state index in [1.54, 1.807) is 14.2 Å². The second-order valence-corrected chi connectivity index (χ2v) is 7.03. The number of halogens is 1. The predicted octanol–water partition coefficient (Wildman–Crippen LogP) is 5.40. The average molecular weight is 428 g/mol. The van der Waals surface area contributed by atoms with Crippen LogP contribution in [0.2, 0.25) is 5.02 Å². The number of nitrogens with one attached hydrogen (secondary N) is 1. The van der Waals surface area contributed by atoms with E-state index in [0.717, 1.165) is 22.4 Å². The SMILES string of the molecule is COc1ccccc1CNC(=S)c1cccc(OC)c1OCc1ccccc1Cl. The van der Waals surface area contributed by atoms with Gasteiger partial charge in [-0.05, 0) is 24.3 Å². The van der Waals surface area contributed by atoms with Gasteiger partial charge < -0.3 is 19.5 Å². The highest BCUT2D eigenvalue weighted by molar-refractivity contribution is 7.80. The minimum Gasteiger partial charge on any atom is -0.496 e. The van der Waals surface area contributed by atoms with Gasteiger partial charge in [0, 0.05) is 22.7 Å². The Hall–Kier alpha value is -2.76. The van der Waals surface area contributed by atoms with E-state index in [2.05, 4.69) is 5.32 Å². The average Bonchev–Trinajstić information content (AvgIpc) is 2.76. The molecule has 6 heteroatoms. The van der Waals surface area contributed by atoms with Gasteiger partial charge in [-0.25, -0.2) is 0 Å². The van der Waals surface area contributed by atoms with Gasteiger partial charge in [-0.15, -0.1) is 0 Å². The number of thiocarbonyl (C=S) groups is 1. The molecule has 0 spiro atoms. The summed E-state index contributed by atoms with van der Waals surface area (Å²) in [6, 6.07) is 21.0. The summed E-state index contributed by atoms with van der Waals surface area (Å²) in [7, 11) is 3.26. The Labute approximate surface area is 181 Å². The monoisotopic (exact) mass is 427 g/mol. The quantitative estimate of drug-likeness (QED) is 0.487. The van der Waals surface area contributed by atoms with E-state index >= 15 is 0 Å². The molecule has 0 saturated carbocycles. The molecule has 0 fully saturated rings. The van der Waals surface area contributed by atoms with Gasteiger partial charge in [0.05, 0.1) is 19.8 Å². The van der Waals surface area contributed by atoms with Gasteiger partial charge >= 0.3 is 0 Å². The Balaban J connectivity index is 1.79.